The van der Waals surface area contributed by atoms with E-state index in [0.29, 0.717) is 23.1 Å². The number of aliphatic carboxylic acids is 2. The first kappa shape index (κ1) is 76.2. The number of hydrogen-bond acceptors (Lipinski definition) is 16. The molecule has 12 unspecified atom stereocenters. The van der Waals surface area contributed by atoms with E-state index in [1.54, 1.807) is 116 Å². The predicted octanol–water partition coefficient (Wildman–Crippen LogP) is -1.05. The van der Waals surface area contributed by atoms with Crippen molar-refractivity contribution in [2.45, 2.75) is 174 Å². The van der Waals surface area contributed by atoms with Crippen molar-refractivity contribution < 1.29 is 83.1 Å². The molecule has 0 aliphatic rings. The molecule has 28 nitrogen and oxygen atoms in total. The minimum atomic E-state index is -1.80. The van der Waals surface area contributed by atoms with E-state index in [4.69, 9.17) is 5.73 Å². The van der Waals surface area contributed by atoms with Crippen LogP contribution in [0, 0.1) is 23.7 Å². The van der Waals surface area contributed by atoms with Gasteiger partial charge in [0.2, 0.25) is 59.1 Å². The lowest BCUT2D eigenvalue weighted by Crippen LogP contribution is -2.63. The lowest BCUT2D eigenvalue weighted by atomic mass is 9.95. The number of nitrogens with two attached hydrogens (primary N) is 1. The number of nitrogens with one attached hydrogen (secondary N) is 10. The topological polar surface area (TPSA) is 452 Å². The van der Waals surface area contributed by atoms with Crippen molar-refractivity contribution in [3.05, 3.63) is 102 Å². The Hall–Kier alpha value is -9.02. The zero-order valence-electron chi connectivity index (χ0n) is 52.8. The highest BCUT2D eigenvalue weighted by molar-refractivity contribution is 5.99. The lowest BCUT2D eigenvalue weighted by Gasteiger charge is -2.31. The largest absolute Gasteiger partial charge is 0.508 e. The van der Waals surface area contributed by atoms with Crippen LogP contribution in [0.15, 0.2) is 84.9 Å². The van der Waals surface area contributed by atoms with Crippen LogP contribution in [0.3, 0.4) is 0 Å². The second kappa shape index (κ2) is 37.9. The molecular formula is C63H91N11O17. The zero-order valence-corrected chi connectivity index (χ0v) is 52.8. The Morgan fingerprint density at radius 3 is 1.25 bits per heavy atom. The minimum Gasteiger partial charge on any atom is -0.508 e. The van der Waals surface area contributed by atoms with Crippen LogP contribution in [0.1, 0.15) is 105 Å². The molecule has 0 saturated heterocycles. The summed E-state index contributed by atoms with van der Waals surface area (Å²) in [5, 5.41) is 75.7. The molecule has 0 aliphatic heterocycles. The molecule has 3 aromatic carbocycles. The summed E-state index contributed by atoms with van der Waals surface area (Å²) in [7, 11) is 0. The number of phenols is 1. The first-order chi connectivity index (χ1) is 42.9. The van der Waals surface area contributed by atoms with Crippen molar-refractivity contribution in [2.75, 3.05) is 13.2 Å². The van der Waals surface area contributed by atoms with Crippen molar-refractivity contribution in [3.63, 3.8) is 0 Å². The molecule has 12 atom stereocenters. The van der Waals surface area contributed by atoms with E-state index in [-0.39, 0.29) is 37.4 Å². The van der Waals surface area contributed by atoms with Gasteiger partial charge in [0, 0.05) is 25.7 Å². The Morgan fingerprint density at radius 2 is 0.813 bits per heavy atom. The molecule has 0 fully saturated rings. The zero-order chi connectivity index (χ0) is 68.2. The van der Waals surface area contributed by atoms with E-state index in [1.807, 2.05) is 0 Å². The van der Waals surface area contributed by atoms with Gasteiger partial charge in [-0.15, -0.1) is 0 Å². The van der Waals surface area contributed by atoms with Crippen LogP contribution in [-0.2, 0) is 76.8 Å². The van der Waals surface area contributed by atoms with Crippen molar-refractivity contribution >= 4 is 71.0 Å². The van der Waals surface area contributed by atoms with Crippen LogP contribution in [-0.4, -0.2) is 176 Å². The maximum atomic E-state index is 14.5. The second-order valence-corrected chi connectivity index (χ2v) is 23.5. The number of aromatic hydroxyl groups is 1. The smallest absolute Gasteiger partial charge is 0.326 e. The lowest BCUT2D eigenvalue weighted by molar-refractivity contribution is -0.144. The quantitative estimate of drug-likeness (QED) is 0.0326. The number of aliphatic hydroxyl groups is 2. The summed E-state index contributed by atoms with van der Waals surface area (Å²) in [6, 6.07) is 7.50. The van der Waals surface area contributed by atoms with E-state index in [2.05, 4.69) is 53.2 Å². The van der Waals surface area contributed by atoms with Crippen LogP contribution in [0.5, 0.6) is 5.75 Å². The molecule has 0 heterocycles. The second-order valence-electron chi connectivity index (χ2n) is 23.5. The maximum absolute atomic E-state index is 14.5. The number of aliphatic hydroxyl groups excluding tert-OH is 2. The number of phenolic OH excluding ortho intramolecular Hbond substituents is 1. The number of carbonyl (C=O) groups is 12. The molecule has 3 rings (SSSR count). The number of benzene rings is 3. The molecule has 500 valence electrons. The Bertz CT molecular complexity index is 2930. The molecular weight excluding hydrogens is 1180 g/mol. The number of rotatable bonds is 38. The molecule has 28 heteroatoms. The van der Waals surface area contributed by atoms with Crippen molar-refractivity contribution in [1.82, 2.24) is 53.2 Å². The minimum absolute atomic E-state index is 0.000606. The van der Waals surface area contributed by atoms with Gasteiger partial charge in [0.1, 0.15) is 66.2 Å². The molecule has 91 heavy (non-hydrogen) atoms. The Morgan fingerprint density at radius 1 is 0.440 bits per heavy atom. The first-order valence-electron chi connectivity index (χ1n) is 30.2. The summed E-state index contributed by atoms with van der Waals surface area (Å²) in [6.07, 6.45) is -2.89. The van der Waals surface area contributed by atoms with Gasteiger partial charge < -0.3 is 84.4 Å². The highest BCUT2D eigenvalue weighted by atomic mass is 16.4. The predicted molar refractivity (Wildman–Crippen MR) is 332 cm³/mol. The number of carboxylic acids is 2. The fraction of sp³-hybridized carbons (Fsp3) is 0.524. The molecule has 0 saturated carbocycles. The number of carbonyl (C=O) groups excluding carboxylic acids is 10. The third kappa shape index (κ3) is 25.8. The van der Waals surface area contributed by atoms with Gasteiger partial charge in [-0.05, 0) is 72.3 Å². The van der Waals surface area contributed by atoms with Gasteiger partial charge in [-0.3, -0.25) is 52.7 Å². The fourth-order valence-electron chi connectivity index (χ4n) is 9.38. The van der Waals surface area contributed by atoms with Gasteiger partial charge in [-0.25, -0.2) is 4.79 Å². The molecule has 10 amide bonds. The van der Waals surface area contributed by atoms with Gasteiger partial charge in [0.15, 0.2) is 0 Å². The van der Waals surface area contributed by atoms with Gasteiger partial charge in [0.25, 0.3) is 0 Å². The summed E-state index contributed by atoms with van der Waals surface area (Å²) in [5.41, 5.74) is 7.05. The van der Waals surface area contributed by atoms with Crippen LogP contribution in [0.4, 0.5) is 0 Å². The van der Waals surface area contributed by atoms with Gasteiger partial charge in [0.05, 0.1) is 19.3 Å². The average molecular weight is 1270 g/mol. The number of carboxylic acid groups (broad SMARTS) is 2. The van der Waals surface area contributed by atoms with Crippen molar-refractivity contribution in [2.24, 2.45) is 29.4 Å². The highest BCUT2D eigenvalue weighted by Gasteiger charge is 2.39. The van der Waals surface area contributed by atoms with Crippen LogP contribution in [0.25, 0.3) is 0 Å². The Kier molecular flexibility index (Phi) is 31.7. The monoisotopic (exact) mass is 1270 g/mol. The molecule has 3 aromatic rings. The maximum Gasteiger partial charge on any atom is 0.326 e. The van der Waals surface area contributed by atoms with Gasteiger partial charge in [-0.2, -0.15) is 0 Å². The van der Waals surface area contributed by atoms with Crippen LogP contribution >= 0.6 is 0 Å². The van der Waals surface area contributed by atoms with E-state index < -0.39 is 181 Å². The molecule has 0 bridgehead atoms. The standard InChI is InChI=1S/C63H91N11O17/c1-10-36(8)52(61(88)69-43(27-33(2)3)55(82)67-45(28-38-17-13-11-14-18-38)57(84)66-42(25-26-49(79)80)54(81)72-51(35(6)7)63(90)91)73-60(87)50(34(4)5)71-62(89)53(37(9)76)74-58(85)46(29-39-19-15-12-16-20-39)68-59(86)47(32-75)70-56(83)44(65-48(78)31-64)30-40-21-23-41(77)24-22-40/h11-24,33-37,42-47,50-53,75-77H,10,25-32,64H2,1-9H3,(H,65,78)(H,66,84)(H,67,82)(H,68,86)(H,69,88)(H,70,83)(H,71,89)(H,72,81)(H,73,87)(H,74,85)(H,79,80)(H,90,91). The van der Waals surface area contributed by atoms with Crippen LogP contribution < -0.4 is 58.9 Å². The number of hydrogen-bond donors (Lipinski definition) is 16. The molecule has 0 aliphatic carbocycles. The average Bonchev–Trinajstić information content (AvgIpc) is 1.61. The van der Waals surface area contributed by atoms with Gasteiger partial charge >= 0.3 is 11.9 Å². The molecule has 0 radical (unpaired) electrons. The Labute approximate surface area is 529 Å². The summed E-state index contributed by atoms with van der Waals surface area (Å²) in [4.78, 5) is 163. The van der Waals surface area contributed by atoms with E-state index in [0.717, 1.165) is 0 Å². The molecule has 17 N–H and O–H groups in total. The Balaban J connectivity index is 1.90. The SMILES string of the molecule is CCC(C)C(NC(=O)C(NC(=O)C(NC(=O)C(Cc1ccccc1)NC(=O)C(CO)NC(=O)C(Cc1ccc(O)cc1)NC(=O)CN)C(C)O)C(C)C)C(=O)NC(CC(C)C)C(=O)NC(Cc1ccccc1)C(=O)NC(CCC(=O)O)C(=O)NC(C(=O)O)C(C)C. The molecule has 0 spiro atoms. The highest BCUT2D eigenvalue weighted by Crippen LogP contribution is 2.16. The van der Waals surface area contributed by atoms with E-state index in [1.165, 1.54) is 31.2 Å². The van der Waals surface area contributed by atoms with Crippen molar-refractivity contribution in [3.8, 4) is 5.75 Å². The third-order valence-electron chi connectivity index (χ3n) is 14.8. The first-order valence-corrected chi connectivity index (χ1v) is 30.2. The third-order valence-corrected chi connectivity index (χ3v) is 14.8. The fourth-order valence-corrected chi connectivity index (χ4v) is 9.38. The van der Waals surface area contributed by atoms with Gasteiger partial charge in [-0.1, -0.05) is 135 Å². The number of amides is 10. The summed E-state index contributed by atoms with van der Waals surface area (Å²) in [5.74, 6) is -14.2. The van der Waals surface area contributed by atoms with E-state index in [9.17, 15) is 83.1 Å². The van der Waals surface area contributed by atoms with Crippen LogP contribution in [0.2, 0.25) is 0 Å². The summed E-state index contributed by atoms with van der Waals surface area (Å²) >= 11 is 0. The molecule has 0 aromatic heterocycles. The van der Waals surface area contributed by atoms with Crippen molar-refractivity contribution in [1.29, 1.82) is 0 Å². The summed E-state index contributed by atoms with van der Waals surface area (Å²) < 4.78 is 0. The van der Waals surface area contributed by atoms with E-state index >= 15 is 0 Å². The normalized spacial score (nSPS) is 15.2. The summed E-state index contributed by atoms with van der Waals surface area (Å²) in [6.45, 7) is 12.9.